The van der Waals surface area contributed by atoms with E-state index in [1.54, 1.807) is 0 Å². The first-order valence-electron chi connectivity index (χ1n) is 12.1. The molecule has 4 aromatic carbocycles. The van der Waals surface area contributed by atoms with Crippen molar-refractivity contribution in [3.63, 3.8) is 0 Å². The van der Waals surface area contributed by atoms with Gasteiger partial charge in [-0.15, -0.1) is 12.4 Å². The third-order valence-corrected chi connectivity index (χ3v) is 5.93. The van der Waals surface area contributed by atoms with Crippen molar-refractivity contribution in [1.82, 2.24) is 0 Å². The molecule has 4 nitrogen and oxygen atoms in total. The van der Waals surface area contributed by atoms with Crippen molar-refractivity contribution in [1.29, 1.82) is 0 Å². The first kappa shape index (κ1) is 27.9. The molecule has 0 aliphatic heterocycles. The maximum absolute atomic E-state index is 14.0. The van der Waals surface area contributed by atoms with Crippen molar-refractivity contribution in [3.05, 3.63) is 126 Å². The average molecular weight is 520 g/mol. The number of aryl methyl sites for hydroxylation is 2. The van der Waals surface area contributed by atoms with Gasteiger partial charge < -0.3 is 14.7 Å². The Labute approximate surface area is 223 Å². The summed E-state index contributed by atoms with van der Waals surface area (Å²) in [6, 6.07) is 31.5. The smallest absolute Gasteiger partial charge is 0.167 e. The summed E-state index contributed by atoms with van der Waals surface area (Å²) in [4.78, 5) is 14.9. The van der Waals surface area contributed by atoms with Gasteiger partial charge in [0.15, 0.2) is 5.78 Å². The fourth-order valence-corrected chi connectivity index (χ4v) is 4.10. The van der Waals surface area contributed by atoms with Gasteiger partial charge in [-0.2, -0.15) is 0 Å². The summed E-state index contributed by atoms with van der Waals surface area (Å²) in [6.07, 6.45) is -0.0643. The summed E-state index contributed by atoms with van der Waals surface area (Å²) in [7, 11) is 0. The molecule has 0 amide bonds. The van der Waals surface area contributed by atoms with Crippen LogP contribution in [0.5, 0.6) is 5.75 Å². The van der Waals surface area contributed by atoms with Crippen LogP contribution in [0.3, 0.4) is 0 Å². The van der Waals surface area contributed by atoms with Gasteiger partial charge in [0, 0.05) is 17.8 Å². The second kappa shape index (κ2) is 13.6. The Balaban J connectivity index is 0.00000380. The van der Waals surface area contributed by atoms with Gasteiger partial charge >= 0.3 is 0 Å². The third kappa shape index (κ3) is 7.91. The molecule has 0 saturated heterocycles. The van der Waals surface area contributed by atoms with E-state index in [0.717, 1.165) is 22.5 Å². The fraction of sp³-hybridized carbons (Fsp3) is 0.194. The minimum atomic E-state index is -0.858. The first-order chi connectivity index (χ1) is 17.5. The number of nitrogens with zero attached hydrogens (tertiary/aromatic N) is 1. The highest BCUT2D eigenvalue weighted by atomic mass is 35.5. The highest BCUT2D eigenvalue weighted by Gasteiger charge is 2.18. The molecule has 0 heterocycles. The van der Waals surface area contributed by atoms with E-state index < -0.39 is 11.9 Å². The monoisotopic (exact) mass is 519 g/mol. The lowest BCUT2D eigenvalue weighted by molar-refractivity contribution is 0.0960. The molecule has 0 fully saturated rings. The number of hydrogen-bond donors (Lipinski definition) is 1. The standard InChI is InChI=1S/C31H30FNO3.ClH/c1-23-9-8-14-27(19-23)33(26-12-6-3-7-13-26)21-28(34)22-36-31-18-16-25(32)20-29(31)30(35)17-15-24-10-4-2-5-11-24;/h2-14,16,18-20,28,34H,15,17,21-22H2,1H3;1H. The number of para-hydroxylation sites is 1. The number of aliphatic hydroxyl groups excluding tert-OH is 1. The number of hydrogen-bond acceptors (Lipinski definition) is 4. The lowest BCUT2D eigenvalue weighted by Crippen LogP contribution is -2.33. The van der Waals surface area contributed by atoms with Crippen LogP contribution in [-0.4, -0.2) is 30.1 Å². The van der Waals surface area contributed by atoms with Gasteiger partial charge in [-0.3, -0.25) is 4.79 Å². The Morgan fingerprint density at radius 1 is 0.892 bits per heavy atom. The van der Waals surface area contributed by atoms with E-state index in [1.165, 1.54) is 18.2 Å². The van der Waals surface area contributed by atoms with E-state index in [-0.39, 0.29) is 49.1 Å². The van der Waals surface area contributed by atoms with Crippen LogP contribution in [0.15, 0.2) is 103 Å². The molecule has 1 unspecified atom stereocenters. The average Bonchev–Trinajstić information content (AvgIpc) is 2.90. The second-order valence-corrected chi connectivity index (χ2v) is 8.80. The van der Waals surface area contributed by atoms with Crippen LogP contribution in [0, 0.1) is 12.7 Å². The van der Waals surface area contributed by atoms with E-state index in [0.29, 0.717) is 6.42 Å². The maximum atomic E-state index is 14.0. The number of halogens is 2. The lowest BCUT2D eigenvalue weighted by Gasteiger charge is -2.28. The summed E-state index contributed by atoms with van der Waals surface area (Å²) < 4.78 is 19.8. The zero-order chi connectivity index (χ0) is 25.3. The van der Waals surface area contributed by atoms with Crippen molar-refractivity contribution in [3.8, 4) is 5.75 Å². The Hall–Kier alpha value is -3.67. The number of ether oxygens (including phenoxy) is 1. The largest absolute Gasteiger partial charge is 0.490 e. The molecule has 1 N–H and O–H groups in total. The van der Waals surface area contributed by atoms with Crippen LogP contribution in [0.2, 0.25) is 0 Å². The summed E-state index contributed by atoms with van der Waals surface area (Å²) in [5.41, 5.74) is 4.25. The van der Waals surface area contributed by atoms with Crippen LogP contribution in [0.1, 0.15) is 27.9 Å². The van der Waals surface area contributed by atoms with Crippen molar-refractivity contribution in [2.45, 2.75) is 25.9 Å². The van der Waals surface area contributed by atoms with Crippen LogP contribution in [0.25, 0.3) is 0 Å². The van der Waals surface area contributed by atoms with Crippen LogP contribution < -0.4 is 9.64 Å². The molecule has 4 rings (SSSR count). The number of Topliss-reactive ketones (excluding diaryl/α,β-unsaturated/α-hetero) is 1. The van der Waals surface area contributed by atoms with Gasteiger partial charge in [-0.1, -0.05) is 60.7 Å². The molecule has 0 aromatic heterocycles. The normalized spacial score (nSPS) is 11.3. The second-order valence-electron chi connectivity index (χ2n) is 8.80. The number of carbonyl (C=O) groups is 1. The predicted molar refractivity (Wildman–Crippen MR) is 149 cm³/mol. The van der Waals surface area contributed by atoms with Gasteiger partial charge in [-0.25, -0.2) is 4.39 Å². The molecule has 0 spiro atoms. The molecule has 6 heteroatoms. The summed E-state index contributed by atoms with van der Waals surface area (Å²) in [6.45, 7) is 2.27. The minimum Gasteiger partial charge on any atom is -0.490 e. The maximum Gasteiger partial charge on any atom is 0.167 e. The number of carbonyl (C=O) groups excluding carboxylic acids is 1. The lowest BCUT2D eigenvalue weighted by atomic mass is 10.0. The van der Waals surface area contributed by atoms with Crippen LogP contribution in [-0.2, 0) is 6.42 Å². The van der Waals surface area contributed by atoms with Gasteiger partial charge in [0.25, 0.3) is 0 Å². The summed E-state index contributed by atoms with van der Waals surface area (Å²) >= 11 is 0. The zero-order valence-corrected chi connectivity index (χ0v) is 21.5. The van der Waals surface area contributed by atoms with Gasteiger partial charge in [-0.05, 0) is 66.9 Å². The molecule has 0 radical (unpaired) electrons. The molecule has 192 valence electrons. The van der Waals surface area contributed by atoms with Crippen LogP contribution >= 0.6 is 12.4 Å². The quantitative estimate of drug-likeness (QED) is 0.218. The molecule has 0 aliphatic carbocycles. The van der Waals surface area contributed by atoms with Gasteiger partial charge in [0.05, 0.1) is 12.1 Å². The Morgan fingerprint density at radius 3 is 2.27 bits per heavy atom. The fourth-order valence-electron chi connectivity index (χ4n) is 4.10. The molecule has 0 bridgehead atoms. The van der Waals surface area contributed by atoms with Crippen molar-refractivity contribution in [2.75, 3.05) is 18.1 Å². The van der Waals surface area contributed by atoms with E-state index in [1.807, 2.05) is 90.7 Å². The highest BCUT2D eigenvalue weighted by molar-refractivity contribution is 5.98. The van der Waals surface area contributed by atoms with Crippen molar-refractivity contribution >= 4 is 29.6 Å². The van der Waals surface area contributed by atoms with Crippen LogP contribution in [0.4, 0.5) is 15.8 Å². The molecule has 37 heavy (non-hydrogen) atoms. The van der Waals surface area contributed by atoms with Crippen molar-refractivity contribution < 1.29 is 19.0 Å². The van der Waals surface area contributed by atoms with E-state index in [4.69, 9.17) is 4.74 Å². The Morgan fingerprint density at radius 2 is 1.57 bits per heavy atom. The van der Waals surface area contributed by atoms with Gasteiger partial charge in [0.2, 0.25) is 0 Å². The summed E-state index contributed by atoms with van der Waals surface area (Å²) in [5.74, 6) is -0.426. The Kier molecular flexibility index (Phi) is 10.2. The predicted octanol–water partition coefficient (Wildman–Crippen LogP) is 6.95. The SMILES string of the molecule is Cc1cccc(N(CC(O)COc2ccc(F)cc2C(=O)CCc2ccccc2)c2ccccc2)c1.Cl. The topological polar surface area (TPSA) is 49.8 Å². The molecular weight excluding hydrogens is 489 g/mol. The highest BCUT2D eigenvalue weighted by Crippen LogP contribution is 2.27. The van der Waals surface area contributed by atoms with E-state index >= 15 is 0 Å². The molecule has 1 atom stereocenters. The first-order valence-corrected chi connectivity index (χ1v) is 12.1. The third-order valence-electron chi connectivity index (χ3n) is 5.93. The number of rotatable bonds is 11. The van der Waals surface area contributed by atoms with E-state index in [9.17, 15) is 14.3 Å². The molecule has 0 aliphatic rings. The Bertz CT molecular complexity index is 1280. The van der Waals surface area contributed by atoms with Crippen molar-refractivity contribution in [2.24, 2.45) is 0 Å². The number of aliphatic hydroxyl groups is 1. The number of anilines is 2. The van der Waals surface area contributed by atoms with Gasteiger partial charge in [0.1, 0.15) is 24.3 Å². The minimum absolute atomic E-state index is 0. The molecule has 0 saturated carbocycles. The van der Waals surface area contributed by atoms with E-state index in [2.05, 4.69) is 6.07 Å². The molecule has 4 aromatic rings. The number of ketones is 1. The number of benzene rings is 4. The molecular formula is C31H31ClFNO3. The summed E-state index contributed by atoms with van der Waals surface area (Å²) in [5, 5.41) is 10.9. The zero-order valence-electron chi connectivity index (χ0n) is 20.7.